The maximum atomic E-state index is 5.84. The van der Waals surface area contributed by atoms with Crippen LogP contribution in [0.5, 0.6) is 0 Å². The lowest BCUT2D eigenvalue weighted by atomic mass is 10.1. The standard InChI is InChI=1S/C13H17ClN2S/c14-12-6-4-11(5-7-12)10-15-13(17)16-8-2-1-3-9-16/h4-7H,1-3,8-10H2,(H,15,17). The second kappa shape index (κ2) is 6.22. The van der Waals surface area contributed by atoms with Crippen molar-refractivity contribution >= 4 is 28.9 Å². The molecule has 0 unspecified atom stereocenters. The lowest BCUT2D eigenvalue weighted by Crippen LogP contribution is -2.42. The van der Waals surface area contributed by atoms with Crippen LogP contribution in [0.2, 0.25) is 5.02 Å². The van der Waals surface area contributed by atoms with Crippen LogP contribution < -0.4 is 5.32 Å². The Morgan fingerprint density at radius 1 is 1.18 bits per heavy atom. The van der Waals surface area contributed by atoms with Crippen LogP contribution in [0.25, 0.3) is 0 Å². The van der Waals surface area contributed by atoms with Gasteiger partial charge in [-0.2, -0.15) is 0 Å². The molecular formula is C13H17ClN2S. The van der Waals surface area contributed by atoms with Crippen molar-refractivity contribution in [3.63, 3.8) is 0 Å². The molecule has 0 atom stereocenters. The van der Waals surface area contributed by atoms with E-state index in [1.165, 1.54) is 24.8 Å². The van der Waals surface area contributed by atoms with Crippen molar-refractivity contribution in [2.75, 3.05) is 13.1 Å². The third-order valence-corrected chi connectivity index (χ3v) is 3.65. The van der Waals surface area contributed by atoms with Crippen LogP contribution in [-0.4, -0.2) is 23.1 Å². The molecule has 0 spiro atoms. The van der Waals surface area contributed by atoms with Crippen molar-refractivity contribution in [3.8, 4) is 0 Å². The molecule has 1 fully saturated rings. The SMILES string of the molecule is S=C(NCc1ccc(Cl)cc1)N1CCCCC1. The number of rotatable bonds is 2. The molecule has 0 aromatic heterocycles. The zero-order valence-corrected chi connectivity index (χ0v) is 11.4. The minimum Gasteiger partial charge on any atom is -0.358 e. The van der Waals surface area contributed by atoms with Gasteiger partial charge in [-0.25, -0.2) is 0 Å². The predicted molar refractivity (Wildman–Crippen MR) is 76.3 cm³/mol. The average molecular weight is 269 g/mol. The van der Waals surface area contributed by atoms with E-state index in [1.807, 2.05) is 24.3 Å². The lowest BCUT2D eigenvalue weighted by Gasteiger charge is -2.29. The molecule has 0 radical (unpaired) electrons. The summed E-state index contributed by atoms with van der Waals surface area (Å²) in [6, 6.07) is 7.85. The van der Waals surface area contributed by atoms with E-state index in [0.29, 0.717) is 0 Å². The third kappa shape index (κ3) is 3.86. The average Bonchev–Trinajstić information content (AvgIpc) is 2.39. The van der Waals surface area contributed by atoms with Gasteiger partial charge in [0.2, 0.25) is 0 Å². The summed E-state index contributed by atoms with van der Waals surface area (Å²) in [6.45, 7) is 2.95. The Balaban J connectivity index is 1.81. The molecule has 0 bridgehead atoms. The van der Waals surface area contributed by atoms with E-state index < -0.39 is 0 Å². The van der Waals surface area contributed by atoms with Crippen LogP contribution in [0.1, 0.15) is 24.8 Å². The molecule has 1 aliphatic rings. The number of halogens is 1. The minimum absolute atomic E-state index is 0.770. The summed E-state index contributed by atoms with van der Waals surface area (Å²) in [5, 5.41) is 4.95. The molecule has 2 rings (SSSR count). The fourth-order valence-electron chi connectivity index (χ4n) is 1.99. The molecule has 4 heteroatoms. The molecule has 1 aromatic rings. The first kappa shape index (κ1) is 12.7. The van der Waals surface area contributed by atoms with Gasteiger partial charge in [0.1, 0.15) is 0 Å². The van der Waals surface area contributed by atoms with E-state index in [0.717, 1.165) is 29.8 Å². The Kier molecular flexibility index (Phi) is 4.63. The van der Waals surface area contributed by atoms with Crippen LogP contribution in [0.4, 0.5) is 0 Å². The van der Waals surface area contributed by atoms with Crippen molar-refractivity contribution in [3.05, 3.63) is 34.9 Å². The highest BCUT2D eigenvalue weighted by Crippen LogP contribution is 2.11. The zero-order valence-electron chi connectivity index (χ0n) is 9.79. The molecule has 1 aliphatic heterocycles. The fraction of sp³-hybridized carbons (Fsp3) is 0.462. The van der Waals surface area contributed by atoms with Gasteiger partial charge >= 0.3 is 0 Å². The van der Waals surface area contributed by atoms with Gasteiger partial charge in [0.05, 0.1) is 0 Å². The molecule has 0 saturated carbocycles. The van der Waals surface area contributed by atoms with Gasteiger partial charge in [0.15, 0.2) is 5.11 Å². The summed E-state index contributed by atoms with van der Waals surface area (Å²) < 4.78 is 0. The quantitative estimate of drug-likeness (QED) is 0.830. The molecule has 17 heavy (non-hydrogen) atoms. The first-order chi connectivity index (χ1) is 8.25. The molecule has 1 aromatic carbocycles. The predicted octanol–water partition coefficient (Wildman–Crippen LogP) is 3.20. The van der Waals surface area contributed by atoms with Crippen LogP contribution in [0, 0.1) is 0 Å². The number of nitrogens with zero attached hydrogens (tertiary/aromatic N) is 1. The zero-order chi connectivity index (χ0) is 12.1. The maximum Gasteiger partial charge on any atom is 0.169 e. The number of benzene rings is 1. The molecule has 1 heterocycles. The Morgan fingerprint density at radius 3 is 2.47 bits per heavy atom. The Labute approximate surface area is 113 Å². The third-order valence-electron chi connectivity index (χ3n) is 3.00. The first-order valence-electron chi connectivity index (χ1n) is 6.03. The highest BCUT2D eigenvalue weighted by Gasteiger charge is 2.12. The van der Waals surface area contributed by atoms with E-state index >= 15 is 0 Å². The second-order valence-electron chi connectivity index (χ2n) is 4.33. The summed E-state index contributed by atoms with van der Waals surface area (Å²) in [5.74, 6) is 0. The van der Waals surface area contributed by atoms with Crippen LogP contribution in [0.3, 0.4) is 0 Å². The number of hydrogen-bond donors (Lipinski definition) is 1. The number of hydrogen-bond acceptors (Lipinski definition) is 1. The number of nitrogens with one attached hydrogen (secondary N) is 1. The summed E-state index contributed by atoms with van der Waals surface area (Å²) in [7, 11) is 0. The molecule has 1 saturated heterocycles. The molecule has 0 aliphatic carbocycles. The fourth-order valence-corrected chi connectivity index (χ4v) is 2.37. The van der Waals surface area contributed by atoms with Crippen molar-refractivity contribution in [2.45, 2.75) is 25.8 Å². The van der Waals surface area contributed by atoms with Crippen molar-refractivity contribution in [1.29, 1.82) is 0 Å². The molecule has 92 valence electrons. The van der Waals surface area contributed by atoms with E-state index in [9.17, 15) is 0 Å². The molecule has 2 nitrogen and oxygen atoms in total. The van der Waals surface area contributed by atoms with Crippen molar-refractivity contribution in [2.24, 2.45) is 0 Å². The van der Waals surface area contributed by atoms with Gasteiger partial charge in [-0.05, 0) is 49.2 Å². The van der Waals surface area contributed by atoms with Crippen LogP contribution >= 0.6 is 23.8 Å². The second-order valence-corrected chi connectivity index (χ2v) is 5.16. The first-order valence-corrected chi connectivity index (χ1v) is 6.81. The van der Waals surface area contributed by atoms with Gasteiger partial charge in [0, 0.05) is 24.7 Å². The number of likely N-dealkylation sites (tertiary alicyclic amines) is 1. The largest absolute Gasteiger partial charge is 0.358 e. The Morgan fingerprint density at radius 2 is 1.82 bits per heavy atom. The summed E-state index contributed by atoms with van der Waals surface area (Å²) in [4.78, 5) is 2.26. The van der Waals surface area contributed by atoms with Gasteiger partial charge in [0.25, 0.3) is 0 Å². The summed E-state index contributed by atoms with van der Waals surface area (Å²) in [6.07, 6.45) is 3.84. The normalized spacial score (nSPS) is 15.7. The number of piperidine rings is 1. The van der Waals surface area contributed by atoms with Crippen LogP contribution in [-0.2, 0) is 6.54 Å². The lowest BCUT2D eigenvalue weighted by molar-refractivity contribution is 0.338. The number of thiocarbonyl (C=S) groups is 1. The highest BCUT2D eigenvalue weighted by molar-refractivity contribution is 7.80. The van der Waals surface area contributed by atoms with Gasteiger partial charge in [-0.1, -0.05) is 23.7 Å². The molecule has 0 amide bonds. The van der Waals surface area contributed by atoms with E-state index in [-0.39, 0.29) is 0 Å². The molecule has 1 N–H and O–H groups in total. The minimum atomic E-state index is 0.770. The highest BCUT2D eigenvalue weighted by atomic mass is 35.5. The molecular weight excluding hydrogens is 252 g/mol. The summed E-state index contributed by atoms with van der Waals surface area (Å²) in [5.41, 5.74) is 1.20. The van der Waals surface area contributed by atoms with Crippen molar-refractivity contribution in [1.82, 2.24) is 10.2 Å². The Bertz CT molecular complexity index is 372. The monoisotopic (exact) mass is 268 g/mol. The van der Waals surface area contributed by atoms with E-state index in [4.69, 9.17) is 23.8 Å². The Hall–Kier alpha value is -0.800. The smallest absolute Gasteiger partial charge is 0.169 e. The van der Waals surface area contributed by atoms with Gasteiger partial charge < -0.3 is 10.2 Å². The van der Waals surface area contributed by atoms with Gasteiger partial charge in [-0.3, -0.25) is 0 Å². The summed E-state index contributed by atoms with van der Waals surface area (Å²) >= 11 is 11.2. The van der Waals surface area contributed by atoms with Gasteiger partial charge in [-0.15, -0.1) is 0 Å². The van der Waals surface area contributed by atoms with Crippen LogP contribution in [0.15, 0.2) is 24.3 Å². The van der Waals surface area contributed by atoms with E-state index in [1.54, 1.807) is 0 Å². The maximum absolute atomic E-state index is 5.84. The van der Waals surface area contributed by atoms with E-state index in [2.05, 4.69) is 10.2 Å². The van der Waals surface area contributed by atoms with Crippen molar-refractivity contribution < 1.29 is 0 Å². The topological polar surface area (TPSA) is 15.3 Å².